The zero-order valence-corrected chi connectivity index (χ0v) is 15.4. The monoisotopic (exact) mass is 359 g/mol. The highest BCUT2D eigenvalue weighted by Crippen LogP contribution is 2.33. The number of rotatable bonds is 4. The molecule has 1 fully saturated rings. The van der Waals surface area contributed by atoms with Crippen molar-refractivity contribution in [1.29, 1.82) is 0 Å². The molecule has 0 radical (unpaired) electrons. The van der Waals surface area contributed by atoms with E-state index in [1.165, 1.54) is 5.56 Å². The third-order valence-electron chi connectivity index (χ3n) is 5.31. The first-order valence-corrected chi connectivity index (χ1v) is 9.38. The molecule has 4 aromatic rings. The zero-order valence-electron chi connectivity index (χ0n) is 15.4. The van der Waals surface area contributed by atoms with Crippen molar-refractivity contribution in [2.24, 2.45) is 7.05 Å². The van der Waals surface area contributed by atoms with Crippen LogP contribution in [0.4, 0.5) is 0 Å². The standard InChI is InChI=1S/C21H21N5O/c1-3-12-10-22-20-17(12)19-16(11-23-20)18(25-26(19)2)13-4-6-14(7-5-13)21(27)24-15-8-9-15/h4-7,10-11,15,25H,3,8-9H2,1-2H3,(H,24,27). The second kappa shape index (κ2) is 5.94. The van der Waals surface area contributed by atoms with Gasteiger partial charge in [0, 0.05) is 47.4 Å². The number of amides is 1. The number of aryl methyl sites for hydroxylation is 2. The van der Waals surface area contributed by atoms with Crippen LogP contribution in [-0.2, 0) is 13.5 Å². The second-order valence-corrected chi connectivity index (χ2v) is 7.23. The maximum Gasteiger partial charge on any atom is 0.251 e. The van der Waals surface area contributed by atoms with Crippen LogP contribution in [-0.4, -0.2) is 31.7 Å². The van der Waals surface area contributed by atoms with Crippen LogP contribution in [0, 0.1) is 0 Å². The van der Waals surface area contributed by atoms with Gasteiger partial charge >= 0.3 is 0 Å². The molecule has 0 spiro atoms. The van der Waals surface area contributed by atoms with Gasteiger partial charge in [0.05, 0.1) is 11.2 Å². The SMILES string of the molecule is CCc1cnc2ncc3c(-c4ccc(C(=O)NC5CC5)cc4)[nH]n(C)c3c12. The van der Waals surface area contributed by atoms with E-state index in [4.69, 9.17) is 0 Å². The average Bonchev–Trinajstić information content (AvgIpc) is 3.30. The summed E-state index contributed by atoms with van der Waals surface area (Å²) < 4.78 is 2.03. The molecule has 1 aromatic carbocycles. The van der Waals surface area contributed by atoms with Crippen LogP contribution in [0.2, 0.25) is 0 Å². The lowest BCUT2D eigenvalue weighted by Crippen LogP contribution is -2.25. The number of pyridine rings is 1. The number of benzene rings is 1. The van der Waals surface area contributed by atoms with Crippen molar-refractivity contribution < 1.29 is 4.79 Å². The minimum Gasteiger partial charge on any atom is -0.349 e. The maximum atomic E-state index is 12.2. The first kappa shape index (κ1) is 16.1. The van der Waals surface area contributed by atoms with Crippen LogP contribution in [0.1, 0.15) is 35.7 Å². The number of carbonyl (C=O) groups is 1. The van der Waals surface area contributed by atoms with E-state index in [0.29, 0.717) is 11.6 Å². The summed E-state index contributed by atoms with van der Waals surface area (Å²) in [4.78, 5) is 21.2. The molecule has 0 bridgehead atoms. The molecule has 0 unspecified atom stereocenters. The lowest BCUT2D eigenvalue weighted by atomic mass is 10.0. The van der Waals surface area contributed by atoms with E-state index in [-0.39, 0.29) is 5.91 Å². The highest BCUT2D eigenvalue weighted by molar-refractivity contribution is 6.09. The Morgan fingerprint density at radius 2 is 1.96 bits per heavy atom. The van der Waals surface area contributed by atoms with Gasteiger partial charge in [-0.25, -0.2) is 9.97 Å². The quantitative estimate of drug-likeness (QED) is 0.585. The van der Waals surface area contributed by atoms with Gasteiger partial charge in [0.25, 0.3) is 5.91 Å². The Bertz CT molecular complexity index is 1160. The van der Waals surface area contributed by atoms with Crippen LogP contribution in [0.25, 0.3) is 33.2 Å². The van der Waals surface area contributed by atoms with Crippen LogP contribution >= 0.6 is 0 Å². The summed E-state index contributed by atoms with van der Waals surface area (Å²) in [6, 6.07) is 8.10. The number of aromatic amines is 1. The Hall–Kier alpha value is -3.15. The summed E-state index contributed by atoms with van der Waals surface area (Å²) in [6.07, 6.45) is 6.89. The fraction of sp³-hybridized carbons (Fsp3) is 0.286. The highest BCUT2D eigenvalue weighted by Gasteiger charge is 2.24. The minimum absolute atomic E-state index is 0.00442. The molecule has 27 heavy (non-hydrogen) atoms. The molecule has 3 aromatic heterocycles. The van der Waals surface area contributed by atoms with Gasteiger partial charge in [-0.2, -0.15) is 0 Å². The van der Waals surface area contributed by atoms with E-state index in [1.807, 2.05) is 48.4 Å². The molecule has 1 amide bonds. The molecule has 3 heterocycles. The van der Waals surface area contributed by atoms with Gasteiger partial charge in [-0.3, -0.25) is 14.6 Å². The Balaban J connectivity index is 1.59. The van der Waals surface area contributed by atoms with Crippen molar-refractivity contribution in [2.75, 3.05) is 0 Å². The van der Waals surface area contributed by atoms with Crippen molar-refractivity contribution in [2.45, 2.75) is 32.2 Å². The average molecular weight is 359 g/mol. The number of nitrogens with zero attached hydrogens (tertiary/aromatic N) is 3. The predicted octanol–water partition coefficient (Wildman–Crippen LogP) is 3.57. The molecule has 0 aliphatic heterocycles. The Kier molecular flexibility index (Phi) is 3.53. The Morgan fingerprint density at radius 3 is 2.67 bits per heavy atom. The lowest BCUT2D eigenvalue weighted by molar-refractivity contribution is 0.0951. The molecule has 1 aliphatic carbocycles. The summed E-state index contributed by atoms with van der Waals surface area (Å²) in [7, 11) is 2.01. The largest absolute Gasteiger partial charge is 0.349 e. The fourth-order valence-electron chi connectivity index (χ4n) is 3.68. The molecule has 136 valence electrons. The van der Waals surface area contributed by atoms with E-state index in [0.717, 1.165) is 52.5 Å². The van der Waals surface area contributed by atoms with E-state index >= 15 is 0 Å². The molecule has 1 saturated carbocycles. The fourth-order valence-corrected chi connectivity index (χ4v) is 3.68. The van der Waals surface area contributed by atoms with Gasteiger partial charge < -0.3 is 5.32 Å². The first-order chi connectivity index (χ1) is 13.2. The van der Waals surface area contributed by atoms with Gasteiger partial charge in [0.15, 0.2) is 5.65 Å². The van der Waals surface area contributed by atoms with Crippen molar-refractivity contribution in [1.82, 2.24) is 25.1 Å². The number of H-pyrrole nitrogens is 1. The van der Waals surface area contributed by atoms with Crippen LogP contribution in [0.15, 0.2) is 36.7 Å². The third kappa shape index (κ3) is 2.60. The Labute approximate surface area is 156 Å². The van der Waals surface area contributed by atoms with Crippen molar-refractivity contribution in [3.63, 3.8) is 0 Å². The van der Waals surface area contributed by atoms with Crippen LogP contribution in [0.5, 0.6) is 0 Å². The highest BCUT2D eigenvalue weighted by atomic mass is 16.1. The second-order valence-electron chi connectivity index (χ2n) is 7.23. The summed E-state index contributed by atoms with van der Waals surface area (Å²) in [5.74, 6) is 0.00442. The first-order valence-electron chi connectivity index (χ1n) is 9.38. The number of aromatic nitrogens is 4. The third-order valence-corrected chi connectivity index (χ3v) is 5.31. The summed E-state index contributed by atoms with van der Waals surface area (Å²) in [5.41, 5.74) is 5.82. The smallest absolute Gasteiger partial charge is 0.251 e. The number of fused-ring (bicyclic) bond motifs is 3. The summed E-state index contributed by atoms with van der Waals surface area (Å²) in [6.45, 7) is 2.13. The Morgan fingerprint density at radius 1 is 1.22 bits per heavy atom. The van der Waals surface area contributed by atoms with E-state index in [9.17, 15) is 4.79 Å². The van der Waals surface area contributed by atoms with E-state index in [2.05, 4.69) is 27.3 Å². The lowest BCUT2D eigenvalue weighted by Gasteiger charge is -2.04. The van der Waals surface area contributed by atoms with Crippen molar-refractivity contribution in [3.05, 3.63) is 47.8 Å². The van der Waals surface area contributed by atoms with Crippen molar-refractivity contribution in [3.8, 4) is 11.3 Å². The number of hydrogen-bond donors (Lipinski definition) is 2. The van der Waals surface area contributed by atoms with Gasteiger partial charge in [0.1, 0.15) is 0 Å². The van der Waals surface area contributed by atoms with Crippen molar-refractivity contribution >= 4 is 27.8 Å². The summed E-state index contributed by atoms with van der Waals surface area (Å²) >= 11 is 0. The molecule has 6 nitrogen and oxygen atoms in total. The summed E-state index contributed by atoms with van der Waals surface area (Å²) in [5, 5.41) is 8.64. The molecule has 6 heteroatoms. The zero-order chi connectivity index (χ0) is 18.5. The normalized spacial score (nSPS) is 14.1. The molecule has 5 rings (SSSR count). The predicted molar refractivity (Wildman–Crippen MR) is 106 cm³/mol. The molecule has 0 saturated heterocycles. The molecular weight excluding hydrogens is 338 g/mol. The van der Waals surface area contributed by atoms with Gasteiger partial charge in [-0.05, 0) is 37.0 Å². The van der Waals surface area contributed by atoms with E-state index in [1.54, 1.807) is 0 Å². The molecule has 2 N–H and O–H groups in total. The van der Waals surface area contributed by atoms with E-state index < -0.39 is 0 Å². The van der Waals surface area contributed by atoms with Gasteiger partial charge in [0.2, 0.25) is 0 Å². The molecule has 1 aliphatic rings. The van der Waals surface area contributed by atoms with Gasteiger partial charge in [-0.1, -0.05) is 19.1 Å². The molecular formula is C21H21N5O. The van der Waals surface area contributed by atoms with Crippen LogP contribution in [0.3, 0.4) is 0 Å². The van der Waals surface area contributed by atoms with Crippen LogP contribution < -0.4 is 5.32 Å². The number of hydrogen-bond acceptors (Lipinski definition) is 3. The topological polar surface area (TPSA) is 75.6 Å². The number of nitrogens with one attached hydrogen (secondary N) is 2. The molecule has 0 atom stereocenters. The minimum atomic E-state index is 0.00442. The van der Waals surface area contributed by atoms with Gasteiger partial charge in [-0.15, -0.1) is 0 Å². The maximum absolute atomic E-state index is 12.2. The number of carbonyl (C=O) groups excluding carboxylic acids is 1.